The lowest BCUT2D eigenvalue weighted by Crippen LogP contribution is -2.44. The van der Waals surface area contributed by atoms with Crippen LogP contribution in [-0.4, -0.2) is 72.1 Å². The van der Waals surface area contributed by atoms with Crippen molar-refractivity contribution < 1.29 is 23.5 Å². The Bertz CT molecular complexity index is 1650. The minimum absolute atomic E-state index is 0.0180. The number of anilines is 3. The third kappa shape index (κ3) is 6.55. The van der Waals surface area contributed by atoms with Gasteiger partial charge in [0.25, 0.3) is 5.91 Å². The fourth-order valence-corrected chi connectivity index (χ4v) is 4.89. The van der Waals surface area contributed by atoms with Crippen LogP contribution in [0.4, 0.5) is 21.5 Å². The maximum Gasteiger partial charge on any atom is 0.360 e. The number of carbonyl (C=O) groups excluding carboxylic acids is 2. The van der Waals surface area contributed by atoms with E-state index >= 15 is 0 Å². The van der Waals surface area contributed by atoms with Crippen molar-refractivity contribution in [3.8, 4) is 11.4 Å². The maximum absolute atomic E-state index is 14.3. The van der Waals surface area contributed by atoms with Gasteiger partial charge in [-0.3, -0.25) is 4.79 Å². The summed E-state index contributed by atoms with van der Waals surface area (Å²) in [6.45, 7) is 4.71. The van der Waals surface area contributed by atoms with Crippen LogP contribution in [0.3, 0.4) is 0 Å². The van der Waals surface area contributed by atoms with Crippen LogP contribution < -0.4 is 20.7 Å². The number of nitrogen functional groups attached to an aromatic ring is 1. The number of nitrogens with zero attached hydrogens (tertiary/aromatic N) is 5. The molecule has 0 atom stereocenters. The monoisotopic (exact) mass is 607 g/mol. The molecule has 11 nitrogen and oxygen atoms in total. The minimum atomic E-state index is -0.661. The van der Waals surface area contributed by atoms with E-state index in [0.717, 1.165) is 37.4 Å². The first-order chi connectivity index (χ1) is 20.6. The molecule has 2 heterocycles. The minimum Gasteiger partial charge on any atom is -0.497 e. The third-order valence-corrected chi connectivity index (χ3v) is 7.75. The molecule has 1 saturated heterocycles. The molecule has 0 bridgehead atoms. The highest BCUT2D eigenvalue weighted by atomic mass is 35.5. The van der Waals surface area contributed by atoms with Crippen molar-refractivity contribution in [1.29, 1.82) is 0 Å². The molecule has 0 unspecified atom stereocenters. The highest BCUT2D eigenvalue weighted by molar-refractivity contribution is 6.35. The molecule has 224 valence electrons. The Labute approximate surface area is 252 Å². The smallest absolute Gasteiger partial charge is 0.360 e. The summed E-state index contributed by atoms with van der Waals surface area (Å²) in [6, 6.07) is 13.8. The predicted molar refractivity (Wildman–Crippen MR) is 162 cm³/mol. The van der Waals surface area contributed by atoms with E-state index in [1.165, 1.54) is 23.9 Å². The van der Waals surface area contributed by atoms with Gasteiger partial charge in [-0.05, 0) is 55.9 Å². The van der Waals surface area contributed by atoms with Gasteiger partial charge in [0, 0.05) is 31.7 Å². The third-order valence-electron chi connectivity index (χ3n) is 7.26. The van der Waals surface area contributed by atoms with Gasteiger partial charge in [-0.15, -0.1) is 5.10 Å². The summed E-state index contributed by atoms with van der Waals surface area (Å²) in [5.74, 6) is -1.14. The van der Waals surface area contributed by atoms with E-state index in [-0.39, 0.29) is 34.1 Å². The zero-order chi connectivity index (χ0) is 30.7. The summed E-state index contributed by atoms with van der Waals surface area (Å²) >= 11 is 6.33. The summed E-state index contributed by atoms with van der Waals surface area (Å²) in [5, 5.41) is 11.0. The Morgan fingerprint density at radius 1 is 1.09 bits per heavy atom. The zero-order valence-corrected chi connectivity index (χ0v) is 24.7. The van der Waals surface area contributed by atoms with Crippen molar-refractivity contribution in [2.24, 2.45) is 0 Å². The average molecular weight is 608 g/mol. The molecule has 3 N–H and O–H groups in total. The first-order valence-corrected chi connectivity index (χ1v) is 13.9. The highest BCUT2D eigenvalue weighted by Gasteiger charge is 2.23. The van der Waals surface area contributed by atoms with E-state index in [2.05, 4.69) is 32.5 Å². The van der Waals surface area contributed by atoms with Crippen molar-refractivity contribution in [3.05, 3.63) is 88.0 Å². The summed E-state index contributed by atoms with van der Waals surface area (Å²) in [7, 11) is 3.63. The van der Waals surface area contributed by atoms with Crippen LogP contribution in [-0.2, 0) is 11.3 Å². The Kier molecular flexibility index (Phi) is 8.78. The largest absolute Gasteiger partial charge is 0.497 e. The quantitative estimate of drug-likeness (QED) is 0.222. The first kappa shape index (κ1) is 29.8. The molecule has 1 fully saturated rings. The number of nitrogens with one attached hydrogen (secondary N) is 1. The topological polar surface area (TPSA) is 128 Å². The second kappa shape index (κ2) is 12.7. The molecule has 0 spiro atoms. The molecular weight excluding hydrogens is 577 g/mol. The molecule has 1 amide bonds. The van der Waals surface area contributed by atoms with E-state index < -0.39 is 17.7 Å². The van der Waals surface area contributed by atoms with Crippen LogP contribution in [0.2, 0.25) is 5.02 Å². The number of hydrogen-bond donors (Lipinski definition) is 2. The standard InChI is InChI=1S/C30H31ClFN7O4/c1-18-27(31)22(15-23(33)28(18)32)29(40)34-24-14-20(6-9-26(24)38-12-10-37(2)11-13-38)39-16-25(35-36-39)30(41)43-17-19-4-7-21(42-3)8-5-19/h4-9,14-16H,10-13,17,33H2,1-3H3,(H,34,40). The van der Waals surface area contributed by atoms with Crippen molar-refractivity contribution in [2.75, 3.05) is 56.3 Å². The highest BCUT2D eigenvalue weighted by Crippen LogP contribution is 2.32. The fourth-order valence-electron chi connectivity index (χ4n) is 4.67. The molecule has 0 radical (unpaired) electrons. The van der Waals surface area contributed by atoms with Crippen LogP contribution in [0.15, 0.2) is 54.7 Å². The molecule has 4 aromatic rings. The van der Waals surface area contributed by atoms with Gasteiger partial charge in [-0.25, -0.2) is 13.9 Å². The maximum atomic E-state index is 14.3. The number of likely N-dealkylation sites (N-methyl/N-ethyl adjacent to an activating group) is 1. The molecule has 13 heteroatoms. The van der Waals surface area contributed by atoms with Crippen LogP contribution in [0.5, 0.6) is 5.75 Å². The number of benzene rings is 3. The van der Waals surface area contributed by atoms with E-state index in [1.807, 2.05) is 12.1 Å². The molecule has 3 aromatic carbocycles. The van der Waals surface area contributed by atoms with Crippen LogP contribution in [0.1, 0.15) is 32.0 Å². The van der Waals surface area contributed by atoms with Crippen LogP contribution in [0.25, 0.3) is 5.69 Å². The number of piperazine rings is 1. The van der Waals surface area contributed by atoms with Crippen molar-refractivity contribution in [2.45, 2.75) is 13.5 Å². The Morgan fingerprint density at radius 2 is 1.81 bits per heavy atom. The van der Waals surface area contributed by atoms with Crippen LogP contribution in [0, 0.1) is 12.7 Å². The Balaban J connectivity index is 1.39. The van der Waals surface area contributed by atoms with Crippen LogP contribution >= 0.6 is 11.6 Å². The summed E-state index contributed by atoms with van der Waals surface area (Å²) in [4.78, 5) is 30.5. The number of amides is 1. The lowest BCUT2D eigenvalue weighted by atomic mass is 10.1. The van der Waals surface area contributed by atoms with Gasteiger partial charge in [-0.1, -0.05) is 28.9 Å². The second-order valence-corrected chi connectivity index (χ2v) is 10.6. The van der Waals surface area contributed by atoms with E-state index in [0.29, 0.717) is 17.1 Å². The molecule has 0 aliphatic carbocycles. The molecular formula is C30H31ClFN7O4. The number of ether oxygens (including phenoxy) is 2. The lowest BCUT2D eigenvalue weighted by Gasteiger charge is -2.35. The summed E-state index contributed by atoms with van der Waals surface area (Å²) < 4.78 is 26.2. The SMILES string of the molecule is COc1ccc(COC(=O)c2cn(-c3ccc(N4CCN(C)CC4)c(NC(=O)c4cc(N)c(F)c(C)c4Cl)c3)nn2)cc1. The summed E-state index contributed by atoms with van der Waals surface area (Å²) in [5.41, 5.74) is 8.37. The van der Waals surface area contributed by atoms with Gasteiger partial charge < -0.3 is 30.3 Å². The first-order valence-electron chi connectivity index (χ1n) is 13.5. The second-order valence-electron chi connectivity index (χ2n) is 10.2. The van der Waals surface area contributed by atoms with Crippen molar-refractivity contribution in [3.63, 3.8) is 0 Å². The van der Waals surface area contributed by atoms with Gasteiger partial charge in [0.05, 0.1) is 46.6 Å². The number of hydrogen-bond acceptors (Lipinski definition) is 9. The van der Waals surface area contributed by atoms with E-state index in [9.17, 15) is 14.0 Å². The molecule has 43 heavy (non-hydrogen) atoms. The fraction of sp³-hybridized carbons (Fsp3) is 0.267. The van der Waals surface area contributed by atoms with Crippen molar-refractivity contribution in [1.82, 2.24) is 19.9 Å². The van der Waals surface area contributed by atoms with E-state index in [4.69, 9.17) is 26.8 Å². The number of methoxy groups -OCH3 is 1. The van der Waals surface area contributed by atoms with Gasteiger partial charge >= 0.3 is 5.97 Å². The Hall–Kier alpha value is -4.68. The lowest BCUT2D eigenvalue weighted by molar-refractivity contribution is 0.0465. The van der Waals surface area contributed by atoms with Crippen molar-refractivity contribution >= 4 is 40.5 Å². The molecule has 1 aliphatic heterocycles. The Morgan fingerprint density at radius 3 is 2.51 bits per heavy atom. The van der Waals surface area contributed by atoms with Gasteiger partial charge in [0.15, 0.2) is 11.5 Å². The van der Waals surface area contributed by atoms with Gasteiger partial charge in [0.1, 0.15) is 12.4 Å². The molecule has 0 saturated carbocycles. The number of esters is 1. The molecule has 5 rings (SSSR count). The molecule has 1 aromatic heterocycles. The van der Waals surface area contributed by atoms with E-state index in [1.54, 1.807) is 37.4 Å². The zero-order valence-electron chi connectivity index (χ0n) is 23.9. The number of rotatable bonds is 8. The number of aromatic nitrogens is 3. The number of halogens is 2. The number of carbonyl (C=O) groups is 2. The van der Waals surface area contributed by atoms with Gasteiger partial charge in [-0.2, -0.15) is 0 Å². The normalized spacial score (nSPS) is 13.6. The number of nitrogens with two attached hydrogens (primary N) is 1. The van der Waals surface area contributed by atoms with Gasteiger partial charge in [0.2, 0.25) is 0 Å². The molecule has 1 aliphatic rings. The average Bonchev–Trinajstić information content (AvgIpc) is 3.52. The summed E-state index contributed by atoms with van der Waals surface area (Å²) in [6.07, 6.45) is 1.45. The predicted octanol–water partition coefficient (Wildman–Crippen LogP) is 4.32.